The highest BCUT2D eigenvalue weighted by Crippen LogP contribution is 2.42. The summed E-state index contributed by atoms with van der Waals surface area (Å²) in [5, 5.41) is 3.60. The molecule has 0 bridgehead atoms. The molecule has 0 unspecified atom stereocenters. The highest BCUT2D eigenvalue weighted by Gasteiger charge is 2.21. The van der Waals surface area contributed by atoms with E-state index in [0.717, 1.165) is 51.1 Å². The predicted octanol–water partition coefficient (Wildman–Crippen LogP) is 11.0. The highest BCUT2D eigenvalue weighted by atomic mass is 14.9. The molecule has 9 rings (SSSR count). The van der Waals surface area contributed by atoms with Crippen molar-refractivity contribution in [3.63, 3.8) is 0 Å². The number of hydrogen-bond acceptors (Lipinski definition) is 2. The standard InChI is InChI=1S/C43H28N2/c1-3-11-28(12-4-1)33-24-34(29-13-5-2-6-14-29)26-35(25-33)43-44-41-18-10-9-17-39(41)42(45-43)32-20-21-37-31(23-32)19-22-38-36-16-8-7-15-30(36)27-40(37)38/h1-26H,27H2. The van der Waals surface area contributed by atoms with E-state index in [4.69, 9.17) is 9.97 Å². The molecule has 0 aliphatic heterocycles. The van der Waals surface area contributed by atoms with Crippen molar-refractivity contribution in [3.8, 4) is 56.0 Å². The van der Waals surface area contributed by atoms with Crippen LogP contribution in [0.15, 0.2) is 158 Å². The molecule has 2 nitrogen and oxygen atoms in total. The Morgan fingerprint density at radius 3 is 1.84 bits per heavy atom. The van der Waals surface area contributed by atoms with Crippen molar-refractivity contribution in [1.29, 1.82) is 0 Å². The number of aromatic nitrogens is 2. The van der Waals surface area contributed by atoms with Crippen LogP contribution >= 0.6 is 0 Å². The zero-order valence-electron chi connectivity index (χ0n) is 24.6. The molecule has 1 aliphatic carbocycles. The summed E-state index contributed by atoms with van der Waals surface area (Å²) in [6, 6.07) is 56.3. The Morgan fingerprint density at radius 1 is 0.400 bits per heavy atom. The highest BCUT2D eigenvalue weighted by molar-refractivity contribution is 6.00. The van der Waals surface area contributed by atoms with Crippen molar-refractivity contribution in [1.82, 2.24) is 9.97 Å². The summed E-state index contributed by atoms with van der Waals surface area (Å²) < 4.78 is 0. The zero-order chi connectivity index (χ0) is 29.7. The maximum absolute atomic E-state index is 5.31. The molecular formula is C43H28N2. The predicted molar refractivity (Wildman–Crippen MR) is 187 cm³/mol. The summed E-state index contributed by atoms with van der Waals surface area (Å²) in [6.07, 6.45) is 0.976. The van der Waals surface area contributed by atoms with E-state index in [9.17, 15) is 0 Å². The molecule has 0 N–H and O–H groups in total. The summed E-state index contributed by atoms with van der Waals surface area (Å²) in [5.74, 6) is 0.725. The first kappa shape index (κ1) is 25.6. The summed E-state index contributed by atoms with van der Waals surface area (Å²) in [4.78, 5) is 10.4. The lowest BCUT2D eigenvalue weighted by Gasteiger charge is -2.14. The first-order valence-corrected chi connectivity index (χ1v) is 15.5. The quantitative estimate of drug-likeness (QED) is 0.210. The molecule has 7 aromatic carbocycles. The fourth-order valence-electron chi connectivity index (χ4n) is 6.89. The third-order valence-corrected chi connectivity index (χ3v) is 9.09. The van der Waals surface area contributed by atoms with Gasteiger partial charge in [-0.2, -0.15) is 0 Å². The number of benzene rings is 7. The van der Waals surface area contributed by atoms with Gasteiger partial charge in [-0.1, -0.05) is 127 Å². The average Bonchev–Trinajstić information content (AvgIpc) is 3.51. The van der Waals surface area contributed by atoms with Crippen molar-refractivity contribution in [3.05, 3.63) is 169 Å². The Balaban J connectivity index is 1.22. The first-order valence-electron chi connectivity index (χ1n) is 15.5. The van der Waals surface area contributed by atoms with Gasteiger partial charge in [0.25, 0.3) is 0 Å². The molecule has 0 spiro atoms. The molecule has 0 radical (unpaired) electrons. The van der Waals surface area contributed by atoms with Gasteiger partial charge in [-0.05, 0) is 92.0 Å². The molecule has 1 aliphatic rings. The number of hydrogen-bond donors (Lipinski definition) is 0. The van der Waals surface area contributed by atoms with Gasteiger partial charge in [-0.25, -0.2) is 9.97 Å². The summed E-state index contributed by atoms with van der Waals surface area (Å²) in [5.41, 5.74) is 14.1. The molecule has 210 valence electrons. The third-order valence-electron chi connectivity index (χ3n) is 9.09. The van der Waals surface area contributed by atoms with Crippen molar-refractivity contribution >= 4 is 21.7 Å². The number of nitrogens with zero attached hydrogens (tertiary/aromatic N) is 2. The van der Waals surface area contributed by atoms with Crippen LogP contribution in [0.25, 0.3) is 77.7 Å². The second-order valence-electron chi connectivity index (χ2n) is 11.8. The Labute approximate surface area is 262 Å². The topological polar surface area (TPSA) is 25.8 Å². The zero-order valence-corrected chi connectivity index (χ0v) is 24.6. The molecule has 0 amide bonds. The van der Waals surface area contributed by atoms with Crippen LogP contribution in [0.5, 0.6) is 0 Å². The van der Waals surface area contributed by atoms with E-state index in [1.54, 1.807) is 0 Å². The molecule has 2 heteroatoms. The number of fused-ring (bicyclic) bond motifs is 6. The maximum atomic E-state index is 5.31. The van der Waals surface area contributed by atoms with E-state index in [1.165, 1.54) is 44.2 Å². The maximum Gasteiger partial charge on any atom is 0.160 e. The van der Waals surface area contributed by atoms with Crippen LogP contribution in [0.1, 0.15) is 11.1 Å². The monoisotopic (exact) mass is 572 g/mol. The van der Waals surface area contributed by atoms with E-state index in [2.05, 4.69) is 158 Å². The van der Waals surface area contributed by atoms with Crippen LogP contribution in [0, 0.1) is 0 Å². The van der Waals surface area contributed by atoms with Crippen LogP contribution in [0.4, 0.5) is 0 Å². The SMILES string of the molecule is c1ccc(-c2cc(-c3ccccc3)cc(-c3nc(-c4ccc5c6c(ccc5c4)-c4ccccc4C6)c4ccccc4n3)c2)cc1. The van der Waals surface area contributed by atoms with E-state index in [1.807, 2.05) is 0 Å². The Kier molecular flexibility index (Phi) is 5.92. The fraction of sp³-hybridized carbons (Fsp3) is 0.0233. The molecular weight excluding hydrogens is 544 g/mol. The van der Waals surface area contributed by atoms with E-state index in [-0.39, 0.29) is 0 Å². The number of para-hydroxylation sites is 1. The summed E-state index contributed by atoms with van der Waals surface area (Å²) in [6.45, 7) is 0. The first-order chi connectivity index (χ1) is 22.3. The summed E-state index contributed by atoms with van der Waals surface area (Å²) >= 11 is 0. The van der Waals surface area contributed by atoms with E-state index in [0.29, 0.717) is 0 Å². The lowest BCUT2D eigenvalue weighted by molar-refractivity contribution is 1.23. The normalized spacial score (nSPS) is 11.9. The lowest BCUT2D eigenvalue weighted by Crippen LogP contribution is -1.96. The van der Waals surface area contributed by atoms with Gasteiger partial charge in [0.05, 0.1) is 11.2 Å². The molecule has 0 atom stereocenters. The molecule has 1 aromatic heterocycles. The Bertz CT molecular complexity index is 2330. The second kappa shape index (κ2) is 10.4. The van der Waals surface area contributed by atoms with E-state index >= 15 is 0 Å². The molecule has 0 fully saturated rings. The van der Waals surface area contributed by atoms with Crippen molar-refractivity contribution < 1.29 is 0 Å². The van der Waals surface area contributed by atoms with Gasteiger partial charge in [-0.15, -0.1) is 0 Å². The van der Waals surface area contributed by atoms with Crippen molar-refractivity contribution in [2.45, 2.75) is 6.42 Å². The minimum atomic E-state index is 0.725. The van der Waals surface area contributed by atoms with Crippen molar-refractivity contribution in [2.24, 2.45) is 0 Å². The van der Waals surface area contributed by atoms with Gasteiger partial charge >= 0.3 is 0 Å². The molecule has 45 heavy (non-hydrogen) atoms. The van der Waals surface area contributed by atoms with Crippen LogP contribution < -0.4 is 0 Å². The van der Waals surface area contributed by atoms with Crippen LogP contribution in [0.2, 0.25) is 0 Å². The second-order valence-corrected chi connectivity index (χ2v) is 11.8. The fourth-order valence-corrected chi connectivity index (χ4v) is 6.89. The smallest absolute Gasteiger partial charge is 0.160 e. The molecule has 0 saturated carbocycles. The van der Waals surface area contributed by atoms with Crippen LogP contribution in [0.3, 0.4) is 0 Å². The van der Waals surface area contributed by atoms with Crippen LogP contribution in [-0.2, 0) is 6.42 Å². The third kappa shape index (κ3) is 4.42. The lowest BCUT2D eigenvalue weighted by atomic mass is 9.95. The van der Waals surface area contributed by atoms with Gasteiger partial charge in [0, 0.05) is 16.5 Å². The van der Waals surface area contributed by atoms with Gasteiger partial charge in [-0.3, -0.25) is 0 Å². The summed E-state index contributed by atoms with van der Waals surface area (Å²) in [7, 11) is 0. The van der Waals surface area contributed by atoms with Crippen molar-refractivity contribution in [2.75, 3.05) is 0 Å². The minimum absolute atomic E-state index is 0.725. The average molecular weight is 573 g/mol. The van der Waals surface area contributed by atoms with Gasteiger partial charge in [0.2, 0.25) is 0 Å². The van der Waals surface area contributed by atoms with E-state index < -0.39 is 0 Å². The molecule has 8 aromatic rings. The number of rotatable bonds is 4. The molecule has 1 heterocycles. The Hall–Kier alpha value is -5.86. The van der Waals surface area contributed by atoms with Gasteiger partial charge in [0.15, 0.2) is 5.82 Å². The Morgan fingerprint density at radius 2 is 1.07 bits per heavy atom. The van der Waals surface area contributed by atoms with Crippen LogP contribution in [-0.4, -0.2) is 9.97 Å². The minimum Gasteiger partial charge on any atom is -0.228 e. The van der Waals surface area contributed by atoms with Gasteiger partial charge < -0.3 is 0 Å². The largest absolute Gasteiger partial charge is 0.228 e. The molecule has 0 saturated heterocycles. The van der Waals surface area contributed by atoms with Gasteiger partial charge in [0.1, 0.15) is 0 Å².